The first kappa shape index (κ1) is 40.0. The third-order valence-corrected chi connectivity index (χ3v) is 12.1. The number of aliphatic hydroxyl groups excluding tert-OH is 1. The molecule has 1 unspecified atom stereocenters. The molecule has 3 atom stereocenters. The number of nitrogens with zero attached hydrogens (tertiary/aromatic N) is 4. The Morgan fingerprint density at radius 1 is 0.966 bits per heavy atom. The van der Waals surface area contributed by atoms with E-state index in [1.807, 2.05) is 44.2 Å². The summed E-state index contributed by atoms with van der Waals surface area (Å²) in [5, 5.41) is 16.2. The Labute approximate surface area is 338 Å². The number of aliphatic imine (C=N–C) groups is 3. The number of carbonyl (C=O) groups is 3. The molecule has 0 saturated carbocycles. The van der Waals surface area contributed by atoms with Crippen LogP contribution >= 0.6 is 0 Å². The van der Waals surface area contributed by atoms with Crippen molar-refractivity contribution in [2.24, 2.45) is 32.2 Å². The van der Waals surface area contributed by atoms with E-state index in [1.54, 1.807) is 18.5 Å². The summed E-state index contributed by atoms with van der Waals surface area (Å²) in [6.45, 7) is 14.3. The SMILES string of the molecule is C=CC1=C(C)C2=NC1=CC1=NC(=CC3=C(C)C4=C(O)C(CCC(=O)OCCc5cccnc5)(C(=O)OC)C(=C5NC(=C2)[C@@H](C)[C@@H]5CCC(=O)OC)C4=N3)C(CC)=C1C. The summed E-state index contributed by atoms with van der Waals surface area (Å²) in [5.41, 5.74) is 9.80. The topological polar surface area (TPSA) is 161 Å². The zero-order valence-electron chi connectivity index (χ0n) is 34.1. The second kappa shape index (κ2) is 16.0. The summed E-state index contributed by atoms with van der Waals surface area (Å²) >= 11 is 0. The van der Waals surface area contributed by atoms with E-state index in [1.165, 1.54) is 14.2 Å². The predicted molar refractivity (Wildman–Crippen MR) is 221 cm³/mol. The molecule has 58 heavy (non-hydrogen) atoms. The molecule has 0 radical (unpaired) electrons. The number of hydrogen-bond acceptors (Lipinski definition) is 12. The van der Waals surface area contributed by atoms with Crippen LogP contribution in [0.25, 0.3) is 0 Å². The third-order valence-electron chi connectivity index (χ3n) is 12.1. The van der Waals surface area contributed by atoms with Crippen LogP contribution in [-0.2, 0) is 35.0 Å². The number of ether oxygens (including phenoxy) is 3. The van der Waals surface area contributed by atoms with Crippen LogP contribution in [0.4, 0.5) is 0 Å². The second-order valence-electron chi connectivity index (χ2n) is 15.2. The number of allylic oxidation sites excluding steroid dienone is 11. The summed E-state index contributed by atoms with van der Waals surface area (Å²) < 4.78 is 16.2. The van der Waals surface area contributed by atoms with E-state index in [0.29, 0.717) is 46.7 Å². The van der Waals surface area contributed by atoms with E-state index in [4.69, 9.17) is 29.2 Å². The average Bonchev–Trinajstić information content (AvgIpc) is 3.95. The number of nitrogens with one attached hydrogen (secondary N) is 1. The lowest BCUT2D eigenvalue weighted by atomic mass is 9.73. The Hall–Kier alpha value is -6.17. The van der Waals surface area contributed by atoms with E-state index in [-0.39, 0.29) is 49.4 Å². The van der Waals surface area contributed by atoms with Crippen molar-refractivity contribution in [3.63, 3.8) is 0 Å². The number of rotatable bonds is 12. The molecule has 0 spiro atoms. The normalized spacial score (nSPS) is 23.4. The van der Waals surface area contributed by atoms with Gasteiger partial charge in [-0.05, 0) is 92.2 Å². The fourth-order valence-corrected chi connectivity index (χ4v) is 8.84. The minimum absolute atomic E-state index is 0.0953. The Balaban J connectivity index is 1.44. The summed E-state index contributed by atoms with van der Waals surface area (Å²) in [6.07, 6.45) is 12.4. The monoisotopic (exact) mass is 783 g/mol. The maximum Gasteiger partial charge on any atom is 0.324 e. The molecule has 8 bridgehead atoms. The minimum atomic E-state index is -1.84. The van der Waals surface area contributed by atoms with Gasteiger partial charge in [-0.1, -0.05) is 32.6 Å². The Kier molecular flexibility index (Phi) is 11.0. The molecular weight excluding hydrogens is 735 g/mol. The Morgan fingerprint density at radius 3 is 2.41 bits per heavy atom. The van der Waals surface area contributed by atoms with Gasteiger partial charge in [-0.2, -0.15) is 0 Å². The maximum atomic E-state index is 14.5. The lowest BCUT2D eigenvalue weighted by Crippen LogP contribution is -2.38. The minimum Gasteiger partial charge on any atom is -0.510 e. The molecule has 2 N–H and O–H groups in total. The first-order valence-electron chi connectivity index (χ1n) is 19.7. The summed E-state index contributed by atoms with van der Waals surface area (Å²) in [4.78, 5) is 60.1. The van der Waals surface area contributed by atoms with Crippen molar-refractivity contribution < 1.29 is 33.7 Å². The smallest absolute Gasteiger partial charge is 0.324 e. The highest BCUT2D eigenvalue weighted by Crippen LogP contribution is 2.56. The van der Waals surface area contributed by atoms with Crippen molar-refractivity contribution in [2.75, 3.05) is 20.8 Å². The van der Waals surface area contributed by atoms with Gasteiger partial charge in [0.25, 0.3) is 0 Å². The van der Waals surface area contributed by atoms with Crippen LogP contribution in [0.5, 0.6) is 0 Å². The lowest BCUT2D eigenvalue weighted by Gasteiger charge is -2.31. The first-order valence-corrected chi connectivity index (χ1v) is 19.7. The average molecular weight is 784 g/mol. The van der Waals surface area contributed by atoms with E-state index in [0.717, 1.165) is 62.8 Å². The lowest BCUT2D eigenvalue weighted by molar-refractivity contribution is -0.151. The molecule has 0 amide bonds. The molecule has 6 aliphatic rings. The number of aliphatic hydroxyl groups is 1. The van der Waals surface area contributed by atoms with Gasteiger partial charge in [0.1, 0.15) is 5.76 Å². The number of hydrogen-bond donors (Lipinski definition) is 2. The van der Waals surface area contributed by atoms with Gasteiger partial charge < -0.3 is 24.6 Å². The van der Waals surface area contributed by atoms with Gasteiger partial charge >= 0.3 is 17.9 Å². The quantitative estimate of drug-likeness (QED) is 0.161. The molecule has 6 heterocycles. The van der Waals surface area contributed by atoms with Gasteiger partial charge in [0.2, 0.25) is 0 Å². The van der Waals surface area contributed by atoms with Gasteiger partial charge in [0.05, 0.1) is 55.1 Å². The van der Waals surface area contributed by atoms with Crippen molar-refractivity contribution in [3.05, 3.63) is 134 Å². The molecular formula is C46H49N5O7. The molecule has 300 valence electrons. The molecule has 1 aliphatic carbocycles. The van der Waals surface area contributed by atoms with Crippen molar-refractivity contribution in [2.45, 2.75) is 73.1 Å². The number of fused-ring (bicyclic) bond motifs is 5. The fraction of sp³-hybridized carbons (Fsp3) is 0.370. The van der Waals surface area contributed by atoms with Crippen LogP contribution in [0.2, 0.25) is 0 Å². The van der Waals surface area contributed by atoms with Gasteiger partial charge in [0.15, 0.2) is 5.41 Å². The summed E-state index contributed by atoms with van der Waals surface area (Å²) in [5.74, 6) is -2.51. The molecule has 12 nitrogen and oxygen atoms in total. The highest BCUT2D eigenvalue weighted by Gasteiger charge is 2.59. The molecule has 12 heteroatoms. The molecule has 1 aromatic rings. The zero-order chi connectivity index (χ0) is 41.5. The number of pyridine rings is 1. The predicted octanol–water partition coefficient (Wildman–Crippen LogP) is 7.53. The number of carbonyl (C=O) groups excluding carboxylic acids is 3. The van der Waals surface area contributed by atoms with E-state index in [9.17, 15) is 19.5 Å². The largest absolute Gasteiger partial charge is 0.510 e. The maximum absolute atomic E-state index is 14.5. The van der Waals surface area contributed by atoms with Gasteiger partial charge in [0, 0.05) is 71.6 Å². The van der Waals surface area contributed by atoms with Crippen molar-refractivity contribution in [1.82, 2.24) is 10.3 Å². The van der Waals surface area contributed by atoms with Crippen molar-refractivity contribution in [3.8, 4) is 0 Å². The molecule has 1 aromatic heterocycles. The van der Waals surface area contributed by atoms with Crippen LogP contribution in [0.3, 0.4) is 0 Å². The number of aromatic nitrogens is 1. The first-order chi connectivity index (χ1) is 27.9. The van der Waals surface area contributed by atoms with Crippen LogP contribution < -0.4 is 5.32 Å². The molecule has 1 fully saturated rings. The highest BCUT2D eigenvalue weighted by atomic mass is 16.5. The van der Waals surface area contributed by atoms with E-state index >= 15 is 0 Å². The standard InChI is InChI=1S/C46H49N5O7/c1-9-29-24(3)32-20-34-26(5)31(13-14-38(52)56-7)42(50-34)41-43-40(27(6)35(51-43)22-37-30(10-2)25(4)33(49-37)21-36(29)48-32)44(54)46(41,45(55)57-8)17-15-39(53)58-19-16-28-12-11-18-47-23-28/h9,11-12,18,20-23,26,31,50,54H,1,10,13-17,19H2,2-8H3/t26-,31-,46?/m0/s1. The summed E-state index contributed by atoms with van der Waals surface area (Å²) in [6, 6.07) is 3.72. The fourth-order valence-electron chi connectivity index (χ4n) is 8.84. The molecule has 1 saturated heterocycles. The second-order valence-corrected chi connectivity index (χ2v) is 15.2. The highest BCUT2D eigenvalue weighted by molar-refractivity contribution is 6.25. The van der Waals surface area contributed by atoms with Gasteiger partial charge in [-0.25, -0.2) is 15.0 Å². The summed E-state index contributed by atoms with van der Waals surface area (Å²) in [7, 11) is 2.62. The number of methoxy groups -OCH3 is 2. The van der Waals surface area contributed by atoms with Gasteiger partial charge in [-0.15, -0.1) is 0 Å². The van der Waals surface area contributed by atoms with Crippen molar-refractivity contribution in [1.29, 1.82) is 0 Å². The van der Waals surface area contributed by atoms with Crippen molar-refractivity contribution >= 4 is 35.0 Å². The van der Waals surface area contributed by atoms with Gasteiger partial charge in [-0.3, -0.25) is 19.4 Å². The van der Waals surface area contributed by atoms with Crippen LogP contribution in [0.15, 0.2) is 144 Å². The Morgan fingerprint density at radius 2 is 1.72 bits per heavy atom. The van der Waals surface area contributed by atoms with E-state index in [2.05, 4.69) is 37.7 Å². The Bertz CT molecular complexity index is 2380. The zero-order valence-corrected chi connectivity index (χ0v) is 34.1. The van der Waals surface area contributed by atoms with Crippen LogP contribution in [0, 0.1) is 17.3 Å². The molecule has 5 aliphatic heterocycles. The van der Waals surface area contributed by atoms with E-state index < -0.39 is 17.4 Å². The number of esters is 3. The van der Waals surface area contributed by atoms with Crippen LogP contribution in [0.1, 0.15) is 72.3 Å². The molecule has 0 aromatic carbocycles. The molecule has 7 rings (SSSR count). The van der Waals surface area contributed by atoms with Crippen LogP contribution in [-0.4, -0.2) is 66.0 Å². The third kappa shape index (κ3) is 6.73.